The molecule has 0 amide bonds. The van der Waals surface area contributed by atoms with Gasteiger partial charge in [-0.1, -0.05) is 30.3 Å². The highest BCUT2D eigenvalue weighted by molar-refractivity contribution is 7.87. The lowest BCUT2D eigenvalue weighted by atomic mass is 10.00. The van der Waals surface area contributed by atoms with Gasteiger partial charge in [-0.25, -0.2) is 9.86 Å². The zero-order valence-corrected chi connectivity index (χ0v) is 9.85. The number of carboxylic acids is 1. The number of rotatable bonds is 6. The monoisotopic (exact) mass is 258 g/mol. The summed E-state index contributed by atoms with van der Waals surface area (Å²) in [5.41, 5.74) is 0.830. The number of nitrogens with two attached hydrogens (primary N) is 1. The predicted molar refractivity (Wildman–Crippen MR) is 62.4 cm³/mol. The van der Waals surface area contributed by atoms with Gasteiger partial charge in [0, 0.05) is 6.54 Å². The van der Waals surface area contributed by atoms with E-state index in [1.807, 2.05) is 10.8 Å². The number of benzene rings is 1. The van der Waals surface area contributed by atoms with Crippen molar-refractivity contribution in [3.05, 3.63) is 35.9 Å². The largest absolute Gasteiger partial charge is 0.481 e. The van der Waals surface area contributed by atoms with Gasteiger partial charge in [0.05, 0.1) is 5.92 Å². The van der Waals surface area contributed by atoms with Crippen LogP contribution < -0.4 is 9.86 Å². The molecule has 0 heterocycles. The van der Waals surface area contributed by atoms with E-state index in [-0.39, 0.29) is 13.0 Å². The van der Waals surface area contributed by atoms with Crippen molar-refractivity contribution in [1.82, 2.24) is 4.72 Å². The second-order valence-corrected chi connectivity index (χ2v) is 5.00. The summed E-state index contributed by atoms with van der Waals surface area (Å²) in [5.74, 6) is -1.90. The molecular weight excluding hydrogens is 244 g/mol. The lowest BCUT2D eigenvalue weighted by Crippen LogP contribution is -2.37. The number of nitrogens with one attached hydrogen (secondary N) is 1. The third kappa shape index (κ3) is 5.43. The number of hydrogen-bond donors (Lipinski definition) is 3. The van der Waals surface area contributed by atoms with Gasteiger partial charge >= 0.3 is 5.97 Å². The summed E-state index contributed by atoms with van der Waals surface area (Å²) in [5, 5.41) is 13.7. The van der Waals surface area contributed by atoms with E-state index in [9.17, 15) is 13.2 Å². The SMILES string of the molecule is NS(=O)(=O)NCC(Cc1ccccc1)C(=O)O. The van der Waals surface area contributed by atoms with E-state index < -0.39 is 22.1 Å². The molecule has 1 rings (SSSR count). The molecule has 6 nitrogen and oxygen atoms in total. The third-order valence-corrected chi connectivity index (χ3v) is 2.77. The van der Waals surface area contributed by atoms with Crippen LogP contribution in [0.1, 0.15) is 5.56 Å². The van der Waals surface area contributed by atoms with Crippen LogP contribution >= 0.6 is 0 Å². The van der Waals surface area contributed by atoms with Crippen LogP contribution in [0.5, 0.6) is 0 Å². The minimum atomic E-state index is -3.86. The van der Waals surface area contributed by atoms with Gasteiger partial charge in [-0.3, -0.25) is 4.79 Å². The van der Waals surface area contributed by atoms with Crippen molar-refractivity contribution in [2.24, 2.45) is 11.1 Å². The molecule has 0 aliphatic heterocycles. The second-order valence-electron chi connectivity index (χ2n) is 3.62. The molecule has 1 aromatic rings. The molecule has 1 unspecified atom stereocenters. The number of aliphatic carboxylic acids is 1. The van der Waals surface area contributed by atoms with Crippen LogP contribution in [0.25, 0.3) is 0 Å². The van der Waals surface area contributed by atoms with Crippen molar-refractivity contribution in [2.75, 3.05) is 6.54 Å². The Morgan fingerprint density at radius 1 is 1.35 bits per heavy atom. The molecule has 17 heavy (non-hydrogen) atoms. The lowest BCUT2D eigenvalue weighted by molar-refractivity contribution is -0.141. The first-order valence-corrected chi connectivity index (χ1v) is 6.47. The molecule has 7 heteroatoms. The van der Waals surface area contributed by atoms with Gasteiger partial charge in [0.1, 0.15) is 0 Å². The Balaban J connectivity index is 2.65. The molecule has 0 saturated carbocycles. The normalized spacial score (nSPS) is 13.2. The van der Waals surface area contributed by atoms with E-state index in [2.05, 4.69) is 0 Å². The molecular formula is C10H14N2O4S. The van der Waals surface area contributed by atoms with Crippen molar-refractivity contribution in [2.45, 2.75) is 6.42 Å². The maximum atomic E-state index is 10.9. The smallest absolute Gasteiger partial charge is 0.308 e. The van der Waals surface area contributed by atoms with Gasteiger partial charge in [-0.2, -0.15) is 8.42 Å². The first kappa shape index (κ1) is 13.6. The van der Waals surface area contributed by atoms with Gasteiger partial charge in [0.2, 0.25) is 0 Å². The maximum absolute atomic E-state index is 10.9. The summed E-state index contributed by atoms with van der Waals surface area (Å²) in [7, 11) is -3.86. The number of carbonyl (C=O) groups is 1. The van der Waals surface area contributed by atoms with Gasteiger partial charge in [0.25, 0.3) is 10.2 Å². The molecule has 0 saturated heterocycles. The molecule has 0 aliphatic rings. The Morgan fingerprint density at radius 2 is 1.94 bits per heavy atom. The molecule has 1 aromatic carbocycles. The Kier molecular flexibility index (Phi) is 4.62. The van der Waals surface area contributed by atoms with Crippen LogP contribution in [0.15, 0.2) is 30.3 Å². The topological polar surface area (TPSA) is 109 Å². The van der Waals surface area contributed by atoms with Crippen LogP contribution in [-0.2, 0) is 21.4 Å². The second kappa shape index (κ2) is 5.76. The van der Waals surface area contributed by atoms with Crippen LogP contribution in [-0.4, -0.2) is 26.0 Å². The lowest BCUT2D eigenvalue weighted by Gasteiger charge is -2.12. The third-order valence-electron chi connectivity index (χ3n) is 2.21. The molecule has 0 aliphatic carbocycles. The molecule has 0 fully saturated rings. The predicted octanol–water partition coefficient (Wildman–Crippen LogP) is -0.277. The Bertz CT molecular complexity index is 472. The minimum absolute atomic E-state index is 0.219. The summed E-state index contributed by atoms with van der Waals surface area (Å²) in [4.78, 5) is 10.9. The molecule has 4 N–H and O–H groups in total. The van der Waals surface area contributed by atoms with Crippen LogP contribution in [0, 0.1) is 5.92 Å². The molecule has 0 bridgehead atoms. The van der Waals surface area contributed by atoms with Crippen molar-refractivity contribution >= 4 is 16.2 Å². The van der Waals surface area contributed by atoms with Crippen LogP contribution in [0.3, 0.4) is 0 Å². The highest BCUT2D eigenvalue weighted by Gasteiger charge is 2.19. The zero-order chi connectivity index (χ0) is 12.9. The summed E-state index contributed by atoms with van der Waals surface area (Å²) in [6.45, 7) is -0.219. The average molecular weight is 258 g/mol. The van der Waals surface area contributed by atoms with E-state index in [1.165, 1.54) is 0 Å². The van der Waals surface area contributed by atoms with E-state index in [1.54, 1.807) is 24.3 Å². The average Bonchev–Trinajstić information content (AvgIpc) is 2.24. The molecule has 0 radical (unpaired) electrons. The summed E-state index contributed by atoms with van der Waals surface area (Å²) >= 11 is 0. The quantitative estimate of drug-likeness (QED) is 0.652. The van der Waals surface area contributed by atoms with Crippen LogP contribution in [0.2, 0.25) is 0 Å². The van der Waals surface area contributed by atoms with Gasteiger partial charge in [-0.15, -0.1) is 0 Å². The summed E-state index contributed by atoms with van der Waals surface area (Å²) in [6.07, 6.45) is 0.249. The standard InChI is InChI=1S/C10H14N2O4S/c11-17(15,16)12-7-9(10(13)14)6-8-4-2-1-3-5-8/h1-5,9,12H,6-7H2,(H,13,14)(H2,11,15,16). The Labute approximate surface area is 99.6 Å². The highest BCUT2D eigenvalue weighted by atomic mass is 32.2. The maximum Gasteiger partial charge on any atom is 0.308 e. The first-order valence-electron chi connectivity index (χ1n) is 4.92. The zero-order valence-electron chi connectivity index (χ0n) is 9.04. The van der Waals surface area contributed by atoms with E-state index in [0.29, 0.717) is 0 Å². The number of hydrogen-bond acceptors (Lipinski definition) is 3. The van der Waals surface area contributed by atoms with Crippen LogP contribution in [0.4, 0.5) is 0 Å². The van der Waals surface area contributed by atoms with E-state index >= 15 is 0 Å². The molecule has 94 valence electrons. The van der Waals surface area contributed by atoms with Crippen molar-refractivity contribution in [3.63, 3.8) is 0 Å². The molecule has 1 atom stereocenters. The summed E-state index contributed by atoms with van der Waals surface area (Å²) < 4.78 is 23.4. The summed E-state index contributed by atoms with van der Waals surface area (Å²) in [6, 6.07) is 8.98. The van der Waals surface area contributed by atoms with E-state index in [0.717, 1.165) is 5.56 Å². The fraction of sp³-hybridized carbons (Fsp3) is 0.300. The van der Waals surface area contributed by atoms with Crippen molar-refractivity contribution in [1.29, 1.82) is 0 Å². The fourth-order valence-electron chi connectivity index (χ4n) is 1.36. The first-order chi connectivity index (χ1) is 7.88. The molecule has 0 aromatic heterocycles. The Morgan fingerprint density at radius 3 is 2.41 bits per heavy atom. The number of carboxylic acid groups (broad SMARTS) is 1. The van der Waals surface area contributed by atoms with E-state index in [4.69, 9.17) is 10.2 Å². The molecule has 0 spiro atoms. The fourth-order valence-corrected chi connectivity index (χ4v) is 1.80. The highest BCUT2D eigenvalue weighted by Crippen LogP contribution is 2.08. The minimum Gasteiger partial charge on any atom is -0.481 e. The van der Waals surface area contributed by atoms with Gasteiger partial charge in [-0.05, 0) is 12.0 Å². The Hall–Kier alpha value is -1.44. The van der Waals surface area contributed by atoms with Gasteiger partial charge < -0.3 is 5.11 Å². The van der Waals surface area contributed by atoms with Crippen molar-refractivity contribution in [3.8, 4) is 0 Å². The van der Waals surface area contributed by atoms with Crippen molar-refractivity contribution < 1.29 is 18.3 Å². The van der Waals surface area contributed by atoms with Gasteiger partial charge in [0.15, 0.2) is 0 Å².